The van der Waals surface area contributed by atoms with E-state index < -0.39 is 5.82 Å². The van der Waals surface area contributed by atoms with Crippen LogP contribution in [0.25, 0.3) is 11.1 Å². The van der Waals surface area contributed by atoms with Crippen molar-refractivity contribution in [2.75, 3.05) is 25.1 Å². The monoisotopic (exact) mass is 286 g/mol. The average Bonchev–Trinajstić information content (AvgIpc) is 2.47. The standard InChI is InChI=1S/C16H15FN2O2/c1-21-13-8-19(9-13)15-6-5-11(7-18-15)14-4-2-3-12(10-20)16(14)17/h2-7,10,13H,8-9H2,1H3. The van der Waals surface area contributed by atoms with E-state index in [0.29, 0.717) is 17.4 Å². The smallest absolute Gasteiger partial charge is 0.153 e. The highest BCUT2D eigenvalue weighted by Gasteiger charge is 2.27. The number of halogens is 1. The second-order valence-electron chi connectivity index (χ2n) is 4.99. The van der Waals surface area contributed by atoms with Gasteiger partial charge in [0.25, 0.3) is 0 Å². The molecule has 1 saturated heterocycles. The Morgan fingerprint density at radius 1 is 1.33 bits per heavy atom. The van der Waals surface area contributed by atoms with Crippen molar-refractivity contribution in [1.82, 2.24) is 4.98 Å². The number of aromatic nitrogens is 1. The first kappa shape index (κ1) is 13.7. The van der Waals surface area contributed by atoms with Crippen molar-refractivity contribution < 1.29 is 13.9 Å². The van der Waals surface area contributed by atoms with E-state index in [1.165, 1.54) is 6.07 Å². The highest BCUT2D eigenvalue weighted by atomic mass is 19.1. The molecule has 1 fully saturated rings. The molecule has 0 radical (unpaired) electrons. The number of pyridine rings is 1. The van der Waals surface area contributed by atoms with Gasteiger partial charge >= 0.3 is 0 Å². The van der Waals surface area contributed by atoms with E-state index in [9.17, 15) is 9.18 Å². The number of aldehydes is 1. The number of rotatable bonds is 4. The molecule has 0 amide bonds. The summed E-state index contributed by atoms with van der Waals surface area (Å²) in [5.41, 5.74) is 1.10. The maximum Gasteiger partial charge on any atom is 0.153 e. The second kappa shape index (κ2) is 5.61. The Morgan fingerprint density at radius 2 is 2.14 bits per heavy atom. The number of methoxy groups -OCH3 is 1. The quantitative estimate of drug-likeness (QED) is 0.810. The van der Waals surface area contributed by atoms with Crippen LogP contribution in [0.3, 0.4) is 0 Å². The van der Waals surface area contributed by atoms with E-state index in [-0.39, 0.29) is 11.7 Å². The van der Waals surface area contributed by atoms with Crippen molar-refractivity contribution in [3.8, 4) is 11.1 Å². The number of hydrogen-bond donors (Lipinski definition) is 0. The molecule has 0 saturated carbocycles. The summed E-state index contributed by atoms with van der Waals surface area (Å²) in [6.45, 7) is 1.63. The molecule has 5 heteroatoms. The maximum absolute atomic E-state index is 14.1. The Labute approximate surface area is 122 Å². The van der Waals surface area contributed by atoms with Gasteiger partial charge in [0, 0.05) is 37.5 Å². The van der Waals surface area contributed by atoms with Gasteiger partial charge in [0.15, 0.2) is 6.29 Å². The van der Waals surface area contributed by atoms with Gasteiger partial charge in [0.2, 0.25) is 0 Å². The van der Waals surface area contributed by atoms with E-state index in [0.717, 1.165) is 18.9 Å². The van der Waals surface area contributed by atoms with Crippen molar-refractivity contribution in [3.05, 3.63) is 47.9 Å². The lowest BCUT2D eigenvalue weighted by molar-refractivity contribution is 0.0783. The van der Waals surface area contributed by atoms with E-state index in [2.05, 4.69) is 9.88 Å². The van der Waals surface area contributed by atoms with Crippen LogP contribution < -0.4 is 4.90 Å². The third kappa shape index (κ3) is 2.52. The van der Waals surface area contributed by atoms with Gasteiger partial charge in [-0.05, 0) is 18.2 Å². The third-order valence-electron chi connectivity index (χ3n) is 3.72. The van der Waals surface area contributed by atoms with Crippen LogP contribution in [0.15, 0.2) is 36.5 Å². The van der Waals surface area contributed by atoms with Crippen LogP contribution in [0.4, 0.5) is 10.2 Å². The van der Waals surface area contributed by atoms with Crippen molar-refractivity contribution in [1.29, 1.82) is 0 Å². The minimum atomic E-state index is -0.509. The molecule has 21 heavy (non-hydrogen) atoms. The fraction of sp³-hybridized carbons (Fsp3) is 0.250. The molecule has 2 aromatic rings. The first-order valence-electron chi connectivity index (χ1n) is 6.71. The molecule has 1 aliphatic rings. The molecule has 2 heterocycles. The summed E-state index contributed by atoms with van der Waals surface area (Å²) in [6.07, 6.45) is 2.40. The van der Waals surface area contributed by atoms with Gasteiger partial charge < -0.3 is 9.64 Å². The summed E-state index contributed by atoms with van der Waals surface area (Å²) in [6, 6.07) is 8.43. The lowest BCUT2D eigenvalue weighted by Gasteiger charge is -2.39. The van der Waals surface area contributed by atoms with Gasteiger partial charge in [-0.3, -0.25) is 4.79 Å². The molecule has 1 aromatic carbocycles. The number of ether oxygens (including phenoxy) is 1. The summed E-state index contributed by atoms with van der Waals surface area (Å²) >= 11 is 0. The minimum absolute atomic E-state index is 0.0576. The second-order valence-corrected chi connectivity index (χ2v) is 4.99. The Hall–Kier alpha value is -2.27. The predicted molar refractivity (Wildman–Crippen MR) is 78.0 cm³/mol. The molecule has 1 aliphatic heterocycles. The summed E-state index contributed by atoms with van der Waals surface area (Å²) in [5, 5.41) is 0. The van der Waals surface area contributed by atoms with Crippen LogP contribution in [0.5, 0.6) is 0 Å². The van der Waals surface area contributed by atoms with E-state index >= 15 is 0 Å². The lowest BCUT2D eigenvalue weighted by atomic mass is 10.0. The number of benzene rings is 1. The van der Waals surface area contributed by atoms with Crippen LogP contribution >= 0.6 is 0 Å². The molecule has 0 N–H and O–H groups in total. The molecular formula is C16H15FN2O2. The van der Waals surface area contributed by atoms with Crippen LogP contribution in [-0.4, -0.2) is 37.6 Å². The molecule has 108 valence electrons. The highest BCUT2D eigenvalue weighted by molar-refractivity contribution is 5.79. The first-order chi connectivity index (χ1) is 10.2. The number of anilines is 1. The van der Waals surface area contributed by atoms with Crippen molar-refractivity contribution >= 4 is 12.1 Å². The van der Waals surface area contributed by atoms with Crippen LogP contribution in [0.1, 0.15) is 10.4 Å². The van der Waals surface area contributed by atoms with Gasteiger partial charge in [-0.1, -0.05) is 12.1 Å². The van der Waals surface area contributed by atoms with Gasteiger partial charge in [-0.15, -0.1) is 0 Å². The minimum Gasteiger partial charge on any atom is -0.378 e. The predicted octanol–water partition coefficient (Wildman–Crippen LogP) is 2.54. The Morgan fingerprint density at radius 3 is 2.76 bits per heavy atom. The van der Waals surface area contributed by atoms with Crippen molar-refractivity contribution in [2.45, 2.75) is 6.10 Å². The molecule has 0 aliphatic carbocycles. The van der Waals surface area contributed by atoms with Gasteiger partial charge in [-0.2, -0.15) is 0 Å². The largest absolute Gasteiger partial charge is 0.378 e. The van der Waals surface area contributed by atoms with Crippen molar-refractivity contribution in [2.24, 2.45) is 0 Å². The maximum atomic E-state index is 14.1. The lowest BCUT2D eigenvalue weighted by Crippen LogP contribution is -2.52. The van der Waals surface area contributed by atoms with E-state index in [1.807, 2.05) is 12.1 Å². The zero-order chi connectivity index (χ0) is 14.8. The fourth-order valence-corrected chi connectivity index (χ4v) is 2.37. The molecule has 0 spiro atoms. The topological polar surface area (TPSA) is 42.4 Å². The number of carbonyl (C=O) groups excluding carboxylic acids is 1. The SMILES string of the molecule is COC1CN(c2ccc(-c3cccc(C=O)c3F)cn2)C1. The number of hydrogen-bond acceptors (Lipinski definition) is 4. The highest BCUT2D eigenvalue weighted by Crippen LogP contribution is 2.26. The van der Waals surface area contributed by atoms with Gasteiger partial charge in [-0.25, -0.2) is 9.37 Å². The van der Waals surface area contributed by atoms with Crippen LogP contribution in [0.2, 0.25) is 0 Å². The number of nitrogens with zero attached hydrogens (tertiary/aromatic N) is 2. The zero-order valence-electron chi connectivity index (χ0n) is 11.6. The zero-order valence-corrected chi connectivity index (χ0v) is 11.6. The molecule has 3 rings (SSSR count). The van der Waals surface area contributed by atoms with Gasteiger partial charge in [0.1, 0.15) is 11.6 Å². The molecular weight excluding hydrogens is 271 g/mol. The fourth-order valence-electron chi connectivity index (χ4n) is 2.37. The van der Waals surface area contributed by atoms with E-state index in [4.69, 9.17) is 4.74 Å². The van der Waals surface area contributed by atoms with E-state index in [1.54, 1.807) is 25.4 Å². The Kier molecular flexibility index (Phi) is 3.66. The third-order valence-corrected chi connectivity index (χ3v) is 3.72. The molecule has 0 atom stereocenters. The summed E-state index contributed by atoms with van der Waals surface area (Å²) < 4.78 is 19.3. The normalized spacial score (nSPS) is 14.9. The van der Waals surface area contributed by atoms with Crippen LogP contribution in [0, 0.1) is 5.82 Å². The molecule has 0 unspecified atom stereocenters. The van der Waals surface area contributed by atoms with Crippen molar-refractivity contribution in [3.63, 3.8) is 0 Å². The first-order valence-corrected chi connectivity index (χ1v) is 6.71. The Balaban J connectivity index is 1.83. The summed E-state index contributed by atoms with van der Waals surface area (Å²) in [4.78, 5) is 17.2. The summed E-state index contributed by atoms with van der Waals surface area (Å²) in [5.74, 6) is 0.337. The molecule has 4 nitrogen and oxygen atoms in total. The van der Waals surface area contributed by atoms with Gasteiger partial charge in [0.05, 0.1) is 11.7 Å². The van der Waals surface area contributed by atoms with Crippen LogP contribution in [-0.2, 0) is 4.74 Å². The summed E-state index contributed by atoms with van der Waals surface area (Å²) in [7, 11) is 1.70. The number of carbonyl (C=O) groups is 1. The Bertz CT molecular complexity index is 652. The average molecular weight is 286 g/mol. The molecule has 1 aromatic heterocycles. The molecule has 0 bridgehead atoms.